The van der Waals surface area contributed by atoms with Crippen molar-refractivity contribution in [2.24, 2.45) is 5.73 Å². The lowest BCUT2D eigenvalue weighted by Gasteiger charge is -2.22. The van der Waals surface area contributed by atoms with E-state index >= 15 is 0 Å². The van der Waals surface area contributed by atoms with Gasteiger partial charge in [0.1, 0.15) is 11.6 Å². The highest BCUT2D eigenvalue weighted by atomic mass is 16.5. The molecule has 1 fully saturated rings. The highest BCUT2D eigenvalue weighted by molar-refractivity contribution is 5.79. The summed E-state index contributed by atoms with van der Waals surface area (Å²) in [6.07, 6.45) is 6.98. The maximum Gasteiger partial charge on any atom is 0.325 e. The normalized spacial score (nSPS) is 20.2. The monoisotopic (exact) mass is 199 g/mol. The number of rotatable bonds is 2. The summed E-state index contributed by atoms with van der Waals surface area (Å²) in [7, 11) is 0. The summed E-state index contributed by atoms with van der Waals surface area (Å²) in [6, 6.07) is 0. The van der Waals surface area contributed by atoms with Gasteiger partial charge in [-0.3, -0.25) is 4.79 Å². The summed E-state index contributed by atoms with van der Waals surface area (Å²) in [5.41, 5.74) is 4.81. The first kappa shape index (κ1) is 11.5. The van der Waals surface area contributed by atoms with Crippen LogP contribution in [0.1, 0.15) is 52.4 Å². The highest BCUT2D eigenvalue weighted by Gasteiger charge is 2.27. The predicted octanol–water partition coefficient (Wildman–Crippen LogP) is 1.99. The summed E-state index contributed by atoms with van der Waals surface area (Å²) in [5, 5.41) is 0. The molecule has 0 amide bonds. The minimum atomic E-state index is -0.855. The van der Waals surface area contributed by atoms with Gasteiger partial charge >= 0.3 is 5.97 Å². The van der Waals surface area contributed by atoms with Gasteiger partial charge in [0.15, 0.2) is 0 Å². The number of nitrogens with two attached hydrogens (primary N) is 1. The summed E-state index contributed by atoms with van der Waals surface area (Å²) < 4.78 is 5.37. The average molecular weight is 199 g/mol. The van der Waals surface area contributed by atoms with Crippen molar-refractivity contribution in [2.45, 2.75) is 64.0 Å². The molecule has 1 saturated carbocycles. The Labute approximate surface area is 86.0 Å². The molecule has 0 unspecified atom stereocenters. The summed E-state index contributed by atoms with van der Waals surface area (Å²) >= 11 is 0. The first-order valence-electron chi connectivity index (χ1n) is 5.50. The Morgan fingerprint density at radius 2 is 1.71 bits per heavy atom. The van der Waals surface area contributed by atoms with Crippen LogP contribution in [0.15, 0.2) is 0 Å². The zero-order valence-electron chi connectivity index (χ0n) is 9.21. The molecule has 14 heavy (non-hydrogen) atoms. The fourth-order valence-corrected chi connectivity index (χ4v) is 1.66. The van der Waals surface area contributed by atoms with Crippen LogP contribution in [-0.4, -0.2) is 17.6 Å². The van der Waals surface area contributed by atoms with Crippen molar-refractivity contribution < 1.29 is 9.53 Å². The number of esters is 1. The van der Waals surface area contributed by atoms with E-state index in [-0.39, 0.29) is 12.1 Å². The highest BCUT2D eigenvalue weighted by Crippen LogP contribution is 2.20. The number of ether oxygens (including phenoxy) is 1. The van der Waals surface area contributed by atoms with Crippen molar-refractivity contribution in [2.75, 3.05) is 0 Å². The van der Waals surface area contributed by atoms with Gasteiger partial charge in [-0.1, -0.05) is 12.8 Å². The molecule has 3 nitrogen and oxygen atoms in total. The van der Waals surface area contributed by atoms with Crippen LogP contribution in [0.4, 0.5) is 0 Å². The van der Waals surface area contributed by atoms with Crippen molar-refractivity contribution in [1.82, 2.24) is 0 Å². The van der Waals surface area contributed by atoms with E-state index in [1.54, 1.807) is 13.8 Å². The number of carbonyl (C=O) groups excluding carboxylic acids is 1. The molecule has 0 radical (unpaired) electrons. The SMILES string of the molecule is CC(C)(N)C(=O)OC1CCCCCC1. The molecule has 0 bridgehead atoms. The maximum absolute atomic E-state index is 11.5. The van der Waals surface area contributed by atoms with Gasteiger partial charge in [-0.25, -0.2) is 0 Å². The molecule has 0 aromatic heterocycles. The lowest BCUT2D eigenvalue weighted by Crippen LogP contribution is -2.44. The Kier molecular flexibility index (Phi) is 3.93. The van der Waals surface area contributed by atoms with E-state index in [0.29, 0.717) is 0 Å². The lowest BCUT2D eigenvalue weighted by molar-refractivity contribution is -0.154. The van der Waals surface area contributed by atoms with E-state index < -0.39 is 5.54 Å². The van der Waals surface area contributed by atoms with Gasteiger partial charge in [0.25, 0.3) is 0 Å². The molecular formula is C11H21NO2. The Hall–Kier alpha value is -0.570. The van der Waals surface area contributed by atoms with Crippen LogP contribution in [-0.2, 0) is 9.53 Å². The van der Waals surface area contributed by atoms with Crippen LogP contribution in [0.2, 0.25) is 0 Å². The van der Waals surface area contributed by atoms with Gasteiger partial charge in [0.2, 0.25) is 0 Å². The van der Waals surface area contributed by atoms with Crippen LogP contribution >= 0.6 is 0 Å². The quantitative estimate of drug-likeness (QED) is 0.546. The first-order chi connectivity index (χ1) is 6.50. The Bertz CT molecular complexity index is 188. The molecule has 1 rings (SSSR count). The molecule has 82 valence electrons. The van der Waals surface area contributed by atoms with Crippen LogP contribution in [0.25, 0.3) is 0 Å². The second kappa shape index (κ2) is 4.78. The van der Waals surface area contributed by atoms with E-state index in [1.807, 2.05) is 0 Å². The molecule has 0 saturated heterocycles. The van der Waals surface area contributed by atoms with Gasteiger partial charge in [0, 0.05) is 0 Å². The van der Waals surface area contributed by atoms with Crippen LogP contribution < -0.4 is 5.73 Å². The largest absolute Gasteiger partial charge is 0.461 e. The third kappa shape index (κ3) is 3.66. The van der Waals surface area contributed by atoms with Crippen molar-refractivity contribution >= 4 is 5.97 Å². The van der Waals surface area contributed by atoms with Crippen LogP contribution in [0.3, 0.4) is 0 Å². The molecular weight excluding hydrogens is 178 g/mol. The fraction of sp³-hybridized carbons (Fsp3) is 0.909. The predicted molar refractivity (Wildman–Crippen MR) is 55.8 cm³/mol. The fourth-order valence-electron chi connectivity index (χ4n) is 1.66. The molecule has 0 aliphatic heterocycles. The van der Waals surface area contributed by atoms with E-state index in [0.717, 1.165) is 12.8 Å². The second-order valence-electron chi connectivity index (χ2n) is 4.74. The molecule has 3 heteroatoms. The number of hydrogen-bond donors (Lipinski definition) is 1. The minimum Gasteiger partial charge on any atom is -0.461 e. The molecule has 0 atom stereocenters. The third-order valence-corrected chi connectivity index (χ3v) is 2.60. The minimum absolute atomic E-state index is 0.104. The lowest BCUT2D eigenvalue weighted by atomic mass is 10.1. The smallest absolute Gasteiger partial charge is 0.325 e. The zero-order valence-corrected chi connectivity index (χ0v) is 9.21. The van der Waals surface area contributed by atoms with Crippen molar-refractivity contribution in [3.63, 3.8) is 0 Å². The topological polar surface area (TPSA) is 52.3 Å². The van der Waals surface area contributed by atoms with Gasteiger partial charge in [-0.05, 0) is 39.5 Å². The summed E-state index contributed by atoms with van der Waals surface area (Å²) in [6.45, 7) is 3.37. The second-order valence-corrected chi connectivity index (χ2v) is 4.74. The van der Waals surface area contributed by atoms with E-state index in [9.17, 15) is 4.79 Å². The Balaban J connectivity index is 2.38. The molecule has 1 aliphatic rings. The number of carbonyl (C=O) groups is 1. The average Bonchev–Trinajstić information content (AvgIpc) is 2.31. The molecule has 0 heterocycles. The van der Waals surface area contributed by atoms with Gasteiger partial charge in [-0.2, -0.15) is 0 Å². The van der Waals surface area contributed by atoms with Gasteiger partial charge in [-0.15, -0.1) is 0 Å². The van der Waals surface area contributed by atoms with E-state index in [4.69, 9.17) is 10.5 Å². The zero-order chi connectivity index (χ0) is 10.6. The number of hydrogen-bond acceptors (Lipinski definition) is 3. The summed E-state index contributed by atoms with van der Waals surface area (Å²) in [4.78, 5) is 11.5. The Morgan fingerprint density at radius 3 is 2.14 bits per heavy atom. The van der Waals surface area contributed by atoms with E-state index in [2.05, 4.69) is 0 Å². The van der Waals surface area contributed by atoms with Crippen LogP contribution in [0, 0.1) is 0 Å². The third-order valence-electron chi connectivity index (χ3n) is 2.60. The van der Waals surface area contributed by atoms with Gasteiger partial charge in [0.05, 0.1) is 0 Å². The molecule has 0 aromatic rings. The maximum atomic E-state index is 11.5. The summed E-state index contributed by atoms with van der Waals surface area (Å²) in [5.74, 6) is -0.274. The van der Waals surface area contributed by atoms with Gasteiger partial charge < -0.3 is 10.5 Å². The molecule has 2 N–H and O–H groups in total. The molecule has 0 aromatic carbocycles. The van der Waals surface area contributed by atoms with Crippen molar-refractivity contribution in [3.05, 3.63) is 0 Å². The molecule has 0 spiro atoms. The van der Waals surface area contributed by atoms with Crippen molar-refractivity contribution in [3.8, 4) is 0 Å². The standard InChI is InChI=1S/C11H21NO2/c1-11(2,12)10(13)14-9-7-5-3-4-6-8-9/h9H,3-8,12H2,1-2H3. The van der Waals surface area contributed by atoms with E-state index in [1.165, 1.54) is 25.7 Å². The molecule has 1 aliphatic carbocycles. The van der Waals surface area contributed by atoms with Crippen molar-refractivity contribution in [1.29, 1.82) is 0 Å². The Morgan fingerprint density at radius 1 is 1.21 bits per heavy atom. The first-order valence-corrected chi connectivity index (χ1v) is 5.50. The van der Waals surface area contributed by atoms with Crippen LogP contribution in [0.5, 0.6) is 0 Å².